The summed E-state index contributed by atoms with van der Waals surface area (Å²) in [6, 6.07) is 9.75. The Kier molecular flexibility index (Phi) is 4.46. The molecule has 7 nitrogen and oxygen atoms in total. The Bertz CT molecular complexity index is 796. The number of carbonyl (C=O) groups is 2. The third-order valence-corrected chi connectivity index (χ3v) is 5.38. The zero-order chi connectivity index (χ0) is 18.0. The van der Waals surface area contributed by atoms with E-state index in [2.05, 4.69) is 15.7 Å². The zero-order valence-corrected chi connectivity index (χ0v) is 14.6. The molecule has 0 unspecified atom stereocenters. The quantitative estimate of drug-likeness (QED) is 0.847. The number of carbonyl (C=O) groups excluding carboxylic acids is 2. The summed E-state index contributed by atoms with van der Waals surface area (Å²) < 4.78 is 1.73. The smallest absolute Gasteiger partial charge is 0.248 e. The van der Waals surface area contributed by atoms with Gasteiger partial charge in [0, 0.05) is 24.6 Å². The van der Waals surface area contributed by atoms with Crippen molar-refractivity contribution in [2.45, 2.75) is 24.8 Å². The lowest BCUT2D eigenvalue weighted by Gasteiger charge is -2.36. The van der Waals surface area contributed by atoms with Crippen molar-refractivity contribution in [1.29, 1.82) is 0 Å². The van der Waals surface area contributed by atoms with Gasteiger partial charge in [0.2, 0.25) is 11.8 Å². The fraction of sp³-hybridized carbons (Fsp3) is 0.421. The number of nitrogens with one attached hydrogen (secondary N) is 2. The number of fused-ring (bicyclic) bond motifs is 1. The van der Waals surface area contributed by atoms with Crippen LogP contribution in [0.4, 0.5) is 5.69 Å². The number of hydrogen-bond donors (Lipinski definition) is 2. The van der Waals surface area contributed by atoms with E-state index in [0.29, 0.717) is 19.4 Å². The van der Waals surface area contributed by atoms with E-state index in [9.17, 15) is 9.59 Å². The largest absolute Gasteiger partial charge is 0.345 e. The molecule has 1 fully saturated rings. The second-order valence-corrected chi connectivity index (χ2v) is 6.84. The maximum absolute atomic E-state index is 13.0. The molecule has 0 saturated carbocycles. The van der Waals surface area contributed by atoms with Gasteiger partial charge in [0.1, 0.15) is 5.54 Å². The summed E-state index contributed by atoms with van der Waals surface area (Å²) in [5, 5.41) is 10.5. The Labute approximate surface area is 152 Å². The molecule has 3 heterocycles. The van der Waals surface area contributed by atoms with Gasteiger partial charge in [-0.1, -0.05) is 18.2 Å². The van der Waals surface area contributed by atoms with E-state index in [4.69, 9.17) is 0 Å². The SMILES string of the molecule is O=C(CNC(=O)C1(n2cccn2)CCNCC1)N1CCc2ccccc21. The molecule has 0 spiro atoms. The van der Waals surface area contributed by atoms with Crippen molar-refractivity contribution in [2.24, 2.45) is 0 Å². The molecule has 2 aliphatic rings. The second kappa shape index (κ2) is 6.92. The highest BCUT2D eigenvalue weighted by molar-refractivity contribution is 5.99. The molecule has 0 atom stereocenters. The number of nitrogens with zero attached hydrogens (tertiary/aromatic N) is 3. The lowest BCUT2D eigenvalue weighted by Crippen LogP contribution is -2.56. The van der Waals surface area contributed by atoms with E-state index in [1.807, 2.05) is 36.5 Å². The Morgan fingerprint density at radius 3 is 2.77 bits per heavy atom. The van der Waals surface area contributed by atoms with Gasteiger partial charge >= 0.3 is 0 Å². The standard InChI is InChI=1S/C19H23N5O2/c25-17(23-13-6-15-4-1-2-5-16(15)23)14-21-18(26)19(7-10-20-11-8-19)24-12-3-9-22-24/h1-5,9,12,20H,6-8,10-11,13-14H2,(H,21,26). The van der Waals surface area contributed by atoms with Gasteiger partial charge in [-0.2, -0.15) is 5.10 Å². The third kappa shape index (κ3) is 2.88. The van der Waals surface area contributed by atoms with Crippen molar-refractivity contribution >= 4 is 17.5 Å². The van der Waals surface area contributed by atoms with Crippen molar-refractivity contribution in [2.75, 3.05) is 31.1 Å². The summed E-state index contributed by atoms with van der Waals surface area (Å²) in [6.07, 6.45) is 5.67. The monoisotopic (exact) mass is 353 g/mol. The highest BCUT2D eigenvalue weighted by atomic mass is 16.2. The van der Waals surface area contributed by atoms with Crippen LogP contribution in [0.2, 0.25) is 0 Å². The second-order valence-electron chi connectivity index (χ2n) is 6.84. The maximum atomic E-state index is 13.0. The van der Waals surface area contributed by atoms with Crippen LogP contribution in [-0.4, -0.2) is 47.8 Å². The zero-order valence-electron chi connectivity index (χ0n) is 14.6. The predicted octanol–water partition coefficient (Wildman–Crippen LogP) is 0.667. The molecule has 2 amide bonds. The first-order valence-corrected chi connectivity index (χ1v) is 9.08. The summed E-state index contributed by atoms with van der Waals surface area (Å²) >= 11 is 0. The number of hydrogen-bond acceptors (Lipinski definition) is 4. The summed E-state index contributed by atoms with van der Waals surface area (Å²) in [5.74, 6) is -0.212. The lowest BCUT2D eigenvalue weighted by molar-refractivity contribution is -0.133. The third-order valence-electron chi connectivity index (χ3n) is 5.38. The minimum absolute atomic E-state index is 0.00359. The number of aromatic nitrogens is 2. The van der Waals surface area contributed by atoms with E-state index in [1.54, 1.807) is 15.8 Å². The molecule has 1 saturated heterocycles. The van der Waals surface area contributed by atoms with Crippen LogP contribution in [0.25, 0.3) is 0 Å². The molecule has 26 heavy (non-hydrogen) atoms. The highest BCUT2D eigenvalue weighted by Crippen LogP contribution is 2.28. The van der Waals surface area contributed by atoms with Gasteiger partial charge in [-0.05, 0) is 50.0 Å². The molecule has 0 aliphatic carbocycles. The minimum Gasteiger partial charge on any atom is -0.345 e. The molecule has 1 aromatic carbocycles. The fourth-order valence-corrected chi connectivity index (χ4v) is 3.94. The molecule has 2 aromatic rings. The van der Waals surface area contributed by atoms with Crippen LogP contribution in [0, 0.1) is 0 Å². The summed E-state index contributed by atoms with van der Waals surface area (Å²) in [6.45, 7) is 2.17. The summed E-state index contributed by atoms with van der Waals surface area (Å²) in [7, 11) is 0. The first kappa shape index (κ1) is 16.8. The van der Waals surface area contributed by atoms with Gasteiger partial charge in [0.15, 0.2) is 0 Å². The van der Waals surface area contributed by atoms with Crippen LogP contribution >= 0.6 is 0 Å². The van der Waals surface area contributed by atoms with E-state index in [0.717, 1.165) is 25.2 Å². The predicted molar refractivity (Wildman–Crippen MR) is 97.8 cm³/mol. The van der Waals surface area contributed by atoms with E-state index in [1.165, 1.54) is 5.56 Å². The number of benzene rings is 1. The normalized spacial score (nSPS) is 18.4. The number of para-hydroxylation sites is 1. The number of anilines is 1. The molecule has 2 N–H and O–H groups in total. The van der Waals surface area contributed by atoms with Gasteiger partial charge in [-0.15, -0.1) is 0 Å². The van der Waals surface area contributed by atoms with Crippen LogP contribution in [0.5, 0.6) is 0 Å². The molecule has 1 aromatic heterocycles. The van der Waals surface area contributed by atoms with Crippen molar-refractivity contribution < 1.29 is 9.59 Å². The van der Waals surface area contributed by atoms with E-state index < -0.39 is 5.54 Å². The molecule has 2 aliphatic heterocycles. The van der Waals surface area contributed by atoms with Crippen LogP contribution in [-0.2, 0) is 21.5 Å². The minimum atomic E-state index is -0.724. The molecular weight excluding hydrogens is 330 g/mol. The Hall–Kier alpha value is -2.67. The van der Waals surface area contributed by atoms with Crippen molar-refractivity contribution in [3.8, 4) is 0 Å². The van der Waals surface area contributed by atoms with Crippen molar-refractivity contribution in [3.05, 3.63) is 48.3 Å². The fourth-order valence-electron chi connectivity index (χ4n) is 3.94. The van der Waals surface area contributed by atoms with Crippen LogP contribution in [0.3, 0.4) is 0 Å². The molecule has 4 rings (SSSR count). The number of piperidine rings is 1. The Balaban J connectivity index is 1.45. The molecule has 0 radical (unpaired) electrons. The van der Waals surface area contributed by atoms with Crippen LogP contribution in [0.1, 0.15) is 18.4 Å². The topological polar surface area (TPSA) is 79.3 Å². The highest BCUT2D eigenvalue weighted by Gasteiger charge is 2.42. The maximum Gasteiger partial charge on any atom is 0.248 e. The first-order chi connectivity index (χ1) is 12.7. The summed E-state index contributed by atoms with van der Waals surface area (Å²) in [5.41, 5.74) is 1.41. The average Bonchev–Trinajstić information content (AvgIpc) is 3.36. The summed E-state index contributed by atoms with van der Waals surface area (Å²) in [4.78, 5) is 27.4. The molecule has 136 valence electrons. The van der Waals surface area contributed by atoms with Crippen molar-refractivity contribution in [1.82, 2.24) is 20.4 Å². The molecule has 0 bridgehead atoms. The molecular formula is C19H23N5O2. The van der Waals surface area contributed by atoms with E-state index >= 15 is 0 Å². The Morgan fingerprint density at radius 1 is 1.19 bits per heavy atom. The number of rotatable bonds is 4. The van der Waals surface area contributed by atoms with Gasteiger partial charge in [0.05, 0.1) is 6.54 Å². The van der Waals surface area contributed by atoms with Gasteiger partial charge in [-0.25, -0.2) is 0 Å². The van der Waals surface area contributed by atoms with Gasteiger partial charge in [0.25, 0.3) is 0 Å². The van der Waals surface area contributed by atoms with E-state index in [-0.39, 0.29) is 18.4 Å². The number of amides is 2. The van der Waals surface area contributed by atoms with Crippen LogP contribution in [0.15, 0.2) is 42.7 Å². The van der Waals surface area contributed by atoms with Gasteiger partial charge < -0.3 is 15.5 Å². The van der Waals surface area contributed by atoms with Gasteiger partial charge in [-0.3, -0.25) is 14.3 Å². The molecule has 7 heteroatoms. The lowest BCUT2D eigenvalue weighted by atomic mass is 9.87. The van der Waals surface area contributed by atoms with Crippen molar-refractivity contribution in [3.63, 3.8) is 0 Å². The Morgan fingerprint density at radius 2 is 2.00 bits per heavy atom. The first-order valence-electron chi connectivity index (χ1n) is 9.08. The average molecular weight is 353 g/mol. The van der Waals surface area contributed by atoms with Crippen LogP contribution < -0.4 is 15.5 Å².